The Kier molecular flexibility index (Phi) is 6.75. The lowest BCUT2D eigenvalue weighted by Gasteiger charge is -2.30. The maximum Gasteiger partial charge on any atom is 0.226 e. The predicted octanol–water partition coefficient (Wildman–Crippen LogP) is 6.52. The first-order chi connectivity index (χ1) is 18.5. The van der Waals surface area contributed by atoms with Crippen LogP contribution in [0.2, 0.25) is 0 Å². The summed E-state index contributed by atoms with van der Waals surface area (Å²) in [7, 11) is 0. The topological polar surface area (TPSA) is 79.4 Å². The fraction of sp³-hybridized carbons (Fsp3) is 0.452. The van der Waals surface area contributed by atoms with Crippen molar-refractivity contribution in [3.8, 4) is 28.8 Å². The molecule has 6 rings (SSSR count). The third-order valence-corrected chi connectivity index (χ3v) is 8.38. The zero-order chi connectivity index (χ0) is 26.1. The summed E-state index contributed by atoms with van der Waals surface area (Å²) in [5.41, 5.74) is 3.05. The van der Waals surface area contributed by atoms with Crippen molar-refractivity contribution in [1.29, 1.82) is 5.26 Å². The molecule has 3 fully saturated rings. The number of anilines is 1. The molecule has 6 nitrogen and oxygen atoms in total. The number of aromatic nitrogens is 1. The highest BCUT2D eigenvalue weighted by atomic mass is 19.1. The van der Waals surface area contributed by atoms with E-state index in [0.29, 0.717) is 17.9 Å². The fourth-order valence-electron chi connectivity index (χ4n) is 5.93. The number of nitrogens with zero attached hydrogens (tertiary/aromatic N) is 3. The van der Waals surface area contributed by atoms with E-state index in [9.17, 15) is 14.4 Å². The van der Waals surface area contributed by atoms with Gasteiger partial charge in [0.05, 0.1) is 24.7 Å². The molecule has 38 heavy (non-hydrogen) atoms. The van der Waals surface area contributed by atoms with Crippen molar-refractivity contribution in [3.05, 3.63) is 60.1 Å². The Morgan fingerprint density at radius 1 is 1.03 bits per heavy atom. The van der Waals surface area contributed by atoms with Gasteiger partial charge in [-0.2, -0.15) is 5.26 Å². The maximum atomic E-state index is 13.6. The number of carbonyl (C=O) groups is 1. The van der Waals surface area contributed by atoms with E-state index in [4.69, 9.17) is 14.1 Å². The average molecular weight is 514 g/mol. The van der Waals surface area contributed by atoms with Crippen LogP contribution < -0.4 is 4.90 Å². The number of hydrogen-bond donors (Lipinski definition) is 0. The molecule has 0 amide bonds. The molecule has 0 unspecified atom stereocenters. The Balaban J connectivity index is 1.36. The molecule has 3 aliphatic rings. The molecular formula is C31H32FN3O3. The van der Waals surface area contributed by atoms with E-state index in [2.05, 4.69) is 35.2 Å². The summed E-state index contributed by atoms with van der Waals surface area (Å²) in [5.74, 6) is 0.727. The van der Waals surface area contributed by atoms with Crippen LogP contribution in [0.1, 0.15) is 56.6 Å². The molecule has 2 aromatic carbocycles. The maximum absolute atomic E-state index is 13.6. The Morgan fingerprint density at radius 3 is 2.39 bits per heavy atom. The van der Waals surface area contributed by atoms with Gasteiger partial charge in [-0.1, -0.05) is 25.0 Å². The largest absolute Gasteiger partial charge is 0.440 e. The molecule has 0 bridgehead atoms. The van der Waals surface area contributed by atoms with Gasteiger partial charge in [0.1, 0.15) is 23.1 Å². The van der Waals surface area contributed by atoms with Gasteiger partial charge in [0.15, 0.2) is 0 Å². The summed E-state index contributed by atoms with van der Waals surface area (Å²) in [5, 5.41) is 9.58. The molecule has 2 atom stereocenters. The molecule has 1 saturated heterocycles. The minimum absolute atomic E-state index is 0.0960. The highest BCUT2D eigenvalue weighted by Crippen LogP contribution is 2.51. The van der Waals surface area contributed by atoms with Crippen molar-refractivity contribution in [1.82, 2.24) is 4.98 Å². The number of ketones is 1. The number of carbonyl (C=O) groups excluding carboxylic acids is 1. The van der Waals surface area contributed by atoms with Crippen LogP contribution in [0, 0.1) is 28.5 Å². The first-order valence-corrected chi connectivity index (χ1v) is 13.7. The van der Waals surface area contributed by atoms with Crippen molar-refractivity contribution in [2.75, 3.05) is 31.2 Å². The second-order valence-electron chi connectivity index (χ2n) is 10.9. The van der Waals surface area contributed by atoms with E-state index in [1.807, 2.05) is 0 Å². The number of hydrogen-bond acceptors (Lipinski definition) is 6. The molecule has 0 N–H and O–H groups in total. The number of oxazole rings is 1. The number of morpholine rings is 1. The molecular weight excluding hydrogens is 481 g/mol. The van der Waals surface area contributed by atoms with E-state index in [-0.39, 0.29) is 23.4 Å². The van der Waals surface area contributed by atoms with Crippen LogP contribution in [-0.4, -0.2) is 37.1 Å². The molecule has 0 spiro atoms. The Hall–Kier alpha value is -3.50. The molecule has 0 radical (unpaired) electrons. The summed E-state index contributed by atoms with van der Waals surface area (Å²) in [6, 6.07) is 16.9. The van der Waals surface area contributed by atoms with Crippen LogP contribution in [0.25, 0.3) is 22.7 Å². The zero-order valence-electron chi connectivity index (χ0n) is 21.5. The van der Waals surface area contributed by atoms with Gasteiger partial charge in [-0.25, -0.2) is 9.37 Å². The first-order valence-electron chi connectivity index (χ1n) is 13.7. The third kappa shape index (κ3) is 4.98. The van der Waals surface area contributed by atoms with Crippen molar-refractivity contribution in [3.63, 3.8) is 0 Å². The quantitative estimate of drug-likeness (QED) is 0.358. The lowest BCUT2D eigenvalue weighted by Crippen LogP contribution is -2.36. The van der Waals surface area contributed by atoms with E-state index >= 15 is 0 Å². The molecule has 2 aliphatic carbocycles. The summed E-state index contributed by atoms with van der Waals surface area (Å²) in [6.45, 7) is 3.17. The van der Waals surface area contributed by atoms with Crippen molar-refractivity contribution in [2.45, 2.75) is 50.9 Å². The Labute approximate surface area is 222 Å². The van der Waals surface area contributed by atoms with Crippen LogP contribution in [0.15, 0.2) is 52.9 Å². The van der Waals surface area contributed by atoms with Crippen LogP contribution in [-0.2, 0) is 9.53 Å². The monoisotopic (exact) mass is 513 g/mol. The fourth-order valence-corrected chi connectivity index (χ4v) is 5.93. The van der Waals surface area contributed by atoms with Gasteiger partial charge in [-0.15, -0.1) is 0 Å². The van der Waals surface area contributed by atoms with E-state index < -0.39 is 5.41 Å². The SMILES string of the molecule is N#CC1(CC(=O)[C@@H]2CCCC[C@H]2c2oc(-c3ccc(F)cc3)nc2-c2ccc(N3CCOCC3)cc2)CC1. The summed E-state index contributed by atoms with van der Waals surface area (Å²) >= 11 is 0. The van der Waals surface area contributed by atoms with Crippen molar-refractivity contribution in [2.24, 2.45) is 11.3 Å². The highest BCUT2D eigenvalue weighted by Gasteiger charge is 2.47. The third-order valence-electron chi connectivity index (χ3n) is 8.38. The standard InChI is InChI=1S/C31H32FN3O3/c32-23-9-5-22(6-10-23)30-34-28(21-7-11-24(12-8-21)35-15-17-37-18-16-35)29(38-30)26-4-2-1-3-25(26)27(36)19-31(20-33)13-14-31/h5-12,25-26H,1-4,13-19H2/t25-,26-/m1/s1. The van der Waals surface area contributed by atoms with Gasteiger partial charge >= 0.3 is 0 Å². The number of rotatable bonds is 7. The van der Waals surface area contributed by atoms with Crippen molar-refractivity contribution >= 4 is 11.5 Å². The van der Waals surface area contributed by atoms with Crippen LogP contribution in [0.5, 0.6) is 0 Å². The van der Waals surface area contributed by atoms with Gasteiger partial charge in [0.25, 0.3) is 0 Å². The Bertz CT molecular complexity index is 1330. The van der Waals surface area contributed by atoms with Crippen molar-refractivity contribution < 1.29 is 18.3 Å². The van der Waals surface area contributed by atoms with Crippen LogP contribution in [0.4, 0.5) is 10.1 Å². The number of nitriles is 1. The number of ether oxygens (including phenoxy) is 1. The second-order valence-corrected chi connectivity index (χ2v) is 10.9. The molecule has 3 aromatic rings. The average Bonchev–Trinajstić information content (AvgIpc) is 3.60. The van der Waals surface area contributed by atoms with Crippen LogP contribution in [0.3, 0.4) is 0 Å². The highest BCUT2D eigenvalue weighted by molar-refractivity contribution is 5.84. The zero-order valence-corrected chi connectivity index (χ0v) is 21.5. The minimum Gasteiger partial charge on any atom is -0.440 e. The predicted molar refractivity (Wildman–Crippen MR) is 142 cm³/mol. The number of Topliss-reactive ketones (excluding diaryl/α,β-unsaturated/α-hetero) is 1. The van der Waals surface area contributed by atoms with Gasteiger partial charge in [-0.05, 0) is 62.1 Å². The molecule has 1 aromatic heterocycles. The molecule has 1 aliphatic heterocycles. The lowest BCUT2D eigenvalue weighted by atomic mass is 9.73. The summed E-state index contributed by atoms with van der Waals surface area (Å²) in [4.78, 5) is 20.7. The smallest absolute Gasteiger partial charge is 0.226 e. The Morgan fingerprint density at radius 2 is 1.71 bits per heavy atom. The van der Waals surface area contributed by atoms with E-state index in [1.165, 1.54) is 12.1 Å². The number of halogens is 1. The van der Waals surface area contributed by atoms with E-state index in [1.54, 1.807) is 12.1 Å². The van der Waals surface area contributed by atoms with Crippen LogP contribution >= 0.6 is 0 Å². The summed E-state index contributed by atoms with van der Waals surface area (Å²) < 4.78 is 25.6. The lowest BCUT2D eigenvalue weighted by molar-refractivity contribution is -0.125. The molecule has 7 heteroatoms. The van der Waals surface area contributed by atoms with E-state index in [0.717, 1.165) is 87.5 Å². The molecule has 2 heterocycles. The van der Waals surface area contributed by atoms with Gasteiger partial charge < -0.3 is 14.1 Å². The van der Waals surface area contributed by atoms with Gasteiger partial charge in [0.2, 0.25) is 5.89 Å². The normalized spacial score (nSPS) is 22.6. The number of benzene rings is 2. The van der Waals surface area contributed by atoms with Gasteiger partial charge in [0, 0.05) is 48.2 Å². The summed E-state index contributed by atoms with van der Waals surface area (Å²) in [6.07, 6.45) is 5.59. The molecule has 2 saturated carbocycles. The molecule has 196 valence electrons. The van der Waals surface area contributed by atoms with Gasteiger partial charge in [-0.3, -0.25) is 4.79 Å². The second kappa shape index (κ2) is 10.3. The first kappa shape index (κ1) is 24.8. The minimum atomic E-state index is -0.460.